The van der Waals surface area contributed by atoms with Crippen LogP contribution in [0.4, 0.5) is 0 Å². The van der Waals surface area contributed by atoms with Crippen LogP contribution in [-0.2, 0) is 11.2 Å². The monoisotopic (exact) mass is 339 g/mol. The van der Waals surface area contributed by atoms with Crippen molar-refractivity contribution in [1.29, 1.82) is 5.26 Å². The lowest BCUT2D eigenvalue weighted by atomic mass is 10.1. The fourth-order valence-electron chi connectivity index (χ4n) is 2.22. The van der Waals surface area contributed by atoms with Crippen LogP contribution in [0.3, 0.4) is 0 Å². The lowest BCUT2D eigenvalue weighted by Gasteiger charge is -2.13. The molecule has 0 bridgehead atoms. The summed E-state index contributed by atoms with van der Waals surface area (Å²) in [7, 11) is 0. The molecule has 0 unspecified atom stereocenters. The number of hydrogen-bond donors (Lipinski definition) is 1. The first kappa shape index (κ1) is 18.3. The van der Waals surface area contributed by atoms with E-state index in [1.807, 2.05) is 19.9 Å². The molecule has 1 aromatic heterocycles. The van der Waals surface area contributed by atoms with Crippen molar-refractivity contribution in [3.63, 3.8) is 0 Å². The number of carbonyl (C=O) groups excluding carboxylic acids is 1. The van der Waals surface area contributed by atoms with Gasteiger partial charge in [0.15, 0.2) is 0 Å². The average molecular weight is 339 g/mol. The fraction of sp³-hybridized carbons (Fsp3) is 0.316. The quantitative estimate of drug-likeness (QED) is 0.795. The highest BCUT2D eigenvalue weighted by molar-refractivity contribution is 5.73. The molecule has 1 aromatic carbocycles. The van der Waals surface area contributed by atoms with E-state index in [9.17, 15) is 4.79 Å². The fourth-order valence-corrected chi connectivity index (χ4v) is 2.22. The minimum Gasteiger partial charge on any atom is -0.489 e. The molecule has 0 spiro atoms. The minimum atomic E-state index is -0.298. The largest absolute Gasteiger partial charge is 0.489 e. The molecule has 2 rings (SSSR count). The standard InChI is InChI=1S/C19H21N3O3/c1-13(2)24-17-10-16(8-7-15(17)11-20)25-19-9-6-14(12-22-19)4-3-5-18(21)23/h6-10,12-13H,3-5H2,1-2H3,(H2,21,23). The Labute approximate surface area is 147 Å². The molecule has 2 aromatic rings. The van der Waals surface area contributed by atoms with Gasteiger partial charge in [-0.2, -0.15) is 5.26 Å². The number of ether oxygens (including phenoxy) is 2. The molecule has 6 heteroatoms. The topological polar surface area (TPSA) is 98.2 Å². The van der Waals surface area contributed by atoms with Gasteiger partial charge in [0.1, 0.15) is 17.6 Å². The number of benzene rings is 1. The minimum absolute atomic E-state index is 0.0415. The van der Waals surface area contributed by atoms with Crippen LogP contribution in [0, 0.1) is 11.3 Å². The van der Waals surface area contributed by atoms with Gasteiger partial charge in [0.25, 0.3) is 0 Å². The molecule has 130 valence electrons. The van der Waals surface area contributed by atoms with Crippen molar-refractivity contribution in [2.75, 3.05) is 0 Å². The maximum atomic E-state index is 10.7. The summed E-state index contributed by atoms with van der Waals surface area (Å²) in [6, 6.07) is 10.8. The van der Waals surface area contributed by atoms with Crippen molar-refractivity contribution in [3.05, 3.63) is 47.7 Å². The molecule has 25 heavy (non-hydrogen) atoms. The predicted molar refractivity (Wildman–Crippen MR) is 93.4 cm³/mol. The zero-order valence-corrected chi connectivity index (χ0v) is 14.4. The predicted octanol–water partition coefficient (Wildman–Crippen LogP) is 3.34. The van der Waals surface area contributed by atoms with E-state index in [0.29, 0.717) is 35.8 Å². The summed E-state index contributed by atoms with van der Waals surface area (Å²) in [5.41, 5.74) is 6.59. The summed E-state index contributed by atoms with van der Waals surface area (Å²) < 4.78 is 11.4. The lowest BCUT2D eigenvalue weighted by molar-refractivity contribution is -0.118. The van der Waals surface area contributed by atoms with E-state index in [4.69, 9.17) is 20.5 Å². The normalized spacial score (nSPS) is 10.3. The van der Waals surface area contributed by atoms with Gasteiger partial charge < -0.3 is 15.2 Å². The highest BCUT2D eigenvalue weighted by Crippen LogP contribution is 2.28. The molecule has 0 aliphatic rings. The number of carbonyl (C=O) groups is 1. The second-order valence-electron chi connectivity index (χ2n) is 5.86. The number of hydrogen-bond acceptors (Lipinski definition) is 5. The van der Waals surface area contributed by atoms with E-state index in [1.54, 1.807) is 30.5 Å². The highest BCUT2D eigenvalue weighted by Gasteiger charge is 2.09. The van der Waals surface area contributed by atoms with Gasteiger partial charge in [0.2, 0.25) is 11.8 Å². The second-order valence-corrected chi connectivity index (χ2v) is 5.86. The van der Waals surface area contributed by atoms with Crippen LogP contribution >= 0.6 is 0 Å². The Hall–Kier alpha value is -3.07. The van der Waals surface area contributed by atoms with E-state index in [-0.39, 0.29) is 12.0 Å². The van der Waals surface area contributed by atoms with Crippen LogP contribution in [0.1, 0.15) is 37.8 Å². The Bertz CT molecular complexity index is 764. The van der Waals surface area contributed by atoms with Crippen molar-refractivity contribution >= 4 is 5.91 Å². The molecule has 1 heterocycles. The van der Waals surface area contributed by atoms with Crippen molar-refractivity contribution in [3.8, 4) is 23.4 Å². The van der Waals surface area contributed by atoms with Gasteiger partial charge >= 0.3 is 0 Å². The molecule has 0 fully saturated rings. The summed E-state index contributed by atoms with van der Waals surface area (Å²) in [6.45, 7) is 3.79. The summed E-state index contributed by atoms with van der Waals surface area (Å²) in [4.78, 5) is 15.0. The van der Waals surface area contributed by atoms with Crippen LogP contribution in [0.15, 0.2) is 36.5 Å². The number of rotatable bonds is 8. The number of pyridine rings is 1. The second kappa shape index (κ2) is 8.69. The molecule has 0 atom stereocenters. The van der Waals surface area contributed by atoms with Crippen molar-refractivity contribution < 1.29 is 14.3 Å². The van der Waals surface area contributed by atoms with Gasteiger partial charge in [0.05, 0.1) is 11.7 Å². The molecule has 6 nitrogen and oxygen atoms in total. The number of nitrogens with zero attached hydrogens (tertiary/aromatic N) is 2. The van der Waals surface area contributed by atoms with Crippen LogP contribution in [0.25, 0.3) is 0 Å². The number of amides is 1. The van der Waals surface area contributed by atoms with Crippen LogP contribution in [-0.4, -0.2) is 17.0 Å². The molecule has 1 amide bonds. The molecular formula is C19H21N3O3. The number of nitrogens with two attached hydrogens (primary N) is 1. The van der Waals surface area contributed by atoms with E-state index in [2.05, 4.69) is 11.1 Å². The molecule has 0 aliphatic carbocycles. The van der Waals surface area contributed by atoms with E-state index < -0.39 is 0 Å². The molecule has 0 saturated heterocycles. The third-order valence-electron chi connectivity index (χ3n) is 3.34. The number of aryl methyl sites for hydroxylation is 1. The average Bonchev–Trinajstić information content (AvgIpc) is 2.56. The maximum Gasteiger partial charge on any atom is 0.219 e. The summed E-state index contributed by atoms with van der Waals surface area (Å²) >= 11 is 0. The van der Waals surface area contributed by atoms with Crippen molar-refractivity contribution in [2.24, 2.45) is 5.73 Å². The van der Waals surface area contributed by atoms with Crippen molar-refractivity contribution in [1.82, 2.24) is 4.98 Å². The zero-order chi connectivity index (χ0) is 18.2. The smallest absolute Gasteiger partial charge is 0.219 e. The first-order valence-corrected chi connectivity index (χ1v) is 8.10. The van der Waals surface area contributed by atoms with Gasteiger partial charge in [0, 0.05) is 24.8 Å². The number of primary amides is 1. The Balaban J connectivity index is 2.04. The van der Waals surface area contributed by atoms with Gasteiger partial charge in [-0.3, -0.25) is 4.79 Å². The van der Waals surface area contributed by atoms with Gasteiger partial charge in [-0.05, 0) is 44.4 Å². The van der Waals surface area contributed by atoms with Gasteiger partial charge in [-0.25, -0.2) is 4.98 Å². The van der Waals surface area contributed by atoms with Crippen LogP contribution in [0.2, 0.25) is 0 Å². The van der Waals surface area contributed by atoms with Crippen molar-refractivity contribution in [2.45, 2.75) is 39.2 Å². The van der Waals surface area contributed by atoms with Crippen LogP contribution < -0.4 is 15.2 Å². The number of aromatic nitrogens is 1. The summed E-state index contributed by atoms with van der Waals surface area (Å²) in [5, 5.41) is 9.14. The first-order valence-electron chi connectivity index (χ1n) is 8.10. The number of nitriles is 1. The molecule has 0 saturated carbocycles. The highest BCUT2D eigenvalue weighted by atomic mass is 16.5. The summed E-state index contributed by atoms with van der Waals surface area (Å²) in [5.74, 6) is 1.17. The van der Waals surface area contributed by atoms with Gasteiger partial charge in [-0.1, -0.05) is 6.07 Å². The zero-order valence-electron chi connectivity index (χ0n) is 14.4. The first-order chi connectivity index (χ1) is 12.0. The van der Waals surface area contributed by atoms with E-state index in [0.717, 1.165) is 12.0 Å². The lowest BCUT2D eigenvalue weighted by Crippen LogP contribution is -2.10. The maximum absolute atomic E-state index is 10.7. The SMILES string of the molecule is CC(C)Oc1cc(Oc2ccc(CCCC(N)=O)cn2)ccc1C#N. The third-order valence-corrected chi connectivity index (χ3v) is 3.34. The Morgan fingerprint density at radius 2 is 2.12 bits per heavy atom. The third kappa shape index (κ3) is 5.81. The van der Waals surface area contributed by atoms with Gasteiger partial charge in [-0.15, -0.1) is 0 Å². The molecule has 0 aliphatic heterocycles. The Morgan fingerprint density at radius 3 is 2.72 bits per heavy atom. The molecule has 2 N–H and O–H groups in total. The molecular weight excluding hydrogens is 318 g/mol. The Morgan fingerprint density at radius 1 is 1.32 bits per heavy atom. The van der Waals surface area contributed by atoms with E-state index >= 15 is 0 Å². The summed E-state index contributed by atoms with van der Waals surface area (Å²) in [6.07, 6.45) is 3.47. The van der Waals surface area contributed by atoms with E-state index in [1.165, 1.54) is 0 Å². The molecule has 0 radical (unpaired) electrons. The van der Waals surface area contributed by atoms with Crippen LogP contribution in [0.5, 0.6) is 17.4 Å². The Kier molecular flexibility index (Phi) is 6.35.